The topological polar surface area (TPSA) is 15.3 Å². The number of hydrogen-bond donors (Lipinski definition) is 1. The van der Waals surface area contributed by atoms with E-state index in [9.17, 15) is 0 Å². The summed E-state index contributed by atoms with van der Waals surface area (Å²) in [5.74, 6) is 0. The maximum absolute atomic E-state index is 4.11. The standard InChI is InChI=1S/C10H20N2/c1-9-10(2,3)11-7-5-6-8-12(9)4/h11H,1,5-8H2,2-4H3. The van der Waals surface area contributed by atoms with E-state index >= 15 is 0 Å². The predicted octanol–water partition coefficient (Wildman–Crippen LogP) is 1.59. The van der Waals surface area contributed by atoms with Crippen LogP contribution in [0.1, 0.15) is 26.7 Å². The number of nitrogens with zero attached hydrogens (tertiary/aromatic N) is 1. The van der Waals surface area contributed by atoms with E-state index in [1.165, 1.54) is 18.5 Å². The van der Waals surface area contributed by atoms with Crippen molar-refractivity contribution >= 4 is 0 Å². The minimum Gasteiger partial charge on any atom is -0.377 e. The van der Waals surface area contributed by atoms with E-state index in [0.29, 0.717) is 0 Å². The van der Waals surface area contributed by atoms with Gasteiger partial charge in [0, 0.05) is 19.3 Å². The molecule has 0 aromatic carbocycles. The lowest BCUT2D eigenvalue weighted by Gasteiger charge is -2.37. The van der Waals surface area contributed by atoms with Crippen LogP contribution in [0.15, 0.2) is 12.3 Å². The van der Waals surface area contributed by atoms with Gasteiger partial charge in [-0.15, -0.1) is 0 Å². The molecule has 1 aliphatic rings. The molecule has 1 heterocycles. The first-order chi connectivity index (χ1) is 5.54. The quantitative estimate of drug-likeness (QED) is 0.591. The summed E-state index contributed by atoms with van der Waals surface area (Å²) in [6, 6.07) is 0. The average Bonchev–Trinajstić information content (AvgIpc) is 2.00. The zero-order valence-electron chi connectivity index (χ0n) is 8.48. The fourth-order valence-corrected chi connectivity index (χ4v) is 1.59. The molecule has 0 atom stereocenters. The Morgan fingerprint density at radius 1 is 1.42 bits per heavy atom. The predicted molar refractivity (Wildman–Crippen MR) is 53.1 cm³/mol. The molecule has 12 heavy (non-hydrogen) atoms. The van der Waals surface area contributed by atoms with E-state index < -0.39 is 0 Å². The van der Waals surface area contributed by atoms with Gasteiger partial charge in [-0.1, -0.05) is 6.58 Å². The van der Waals surface area contributed by atoms with Crippen molar-refractivity contribution < 1.29 is 0 Å². The molecule has 1 fully saturated rings. The van der Waals surface area contributed by atoms with Crippen molar-refractivity contribution in [3.05, 3.63) is 12.3 Å². The maximum atomic E-state index is 4.11. The van der Waals surface area contributed by atoms with Crippen LogP contribution in [-0.2, 0) is 0 Å². The minimum atomic E-state index is 0.0647. The summed E-state index contributed by atoms with van der Waals surface area (Å²) in [5.41, 5.74) is 1.26. The first kappa shape index (κ1) is 9.59. The van der Waals surface area contributed by atoms with Gasteiger partial charge in [-0.25, -0.2) is 0 Å². The first-order valence-corrected chi connectivity index (χ1v) is 4.69. The molecule has 0 bridgehead atoms. The Morgan fingerprint density at radius 2 is 2.08 bits per heavy atom. The third kappa shape index (κ3) is 2.01. The van der Waals surface area contributed by atoms with Crippen molar-refractivity contribution in [3.8, 4) is 0 Å². The molecule has 1 aliphatic heterocycles. The summed E-state index contributed by atoms with van der Waals surface area (Å²) in [6.07, 6.45) is 2.53. The molecule has 2 nitrogen and oxygen atoms in total. The number of rotatable bonds is 0. The molecule has 0 amide bonds. The van der Waals surface area contributed by atoms with E-state index in [1.807, 2.05) is 0 Å². The lowest BCUT2D eigenvalue weighted by Crippen LogP contribution is -2.47. The van der Waals surface area contributed by atoms with Crippen molar-refractivity contribution in [1.82, 2.24) is 10.2 Å². The second-order valence-corrected chi connectivity index (χ2v) is 4.13. The lowest BCUT2D eigenvalue weighted by molar-refractivity contribution is 0.282. The van der Waals surface area contributed by atoms with Gasteiger partial charge >= 0.3 is 0 Å². The van der Waals surface area contributed by atoms with Crippen LogP contribution in [0, 0.1) is 0 Å². The summed E-state index contributed by atoms with van der Waals surface area (Å²) >= 11 is 0. The van der Waals surface area contributed by atoms with Crippen LogP contribution in [0.3, 0.4) is 0 Å². The zero-order chi connectivity index (χ0) is 9.19. The van der Waals surface area contributed by atoms with Gasteiger partial charge in [-0.3, -0.25) is 0 Å². The van der Waals surface area contributed by atoms with Crippen LogP contribution < -0.4 is 5.32 Å². The summed E-state index contributed by atoms with van der Waals surface area (Å²) < 4.78 is 0. The second-order valence-electron chi connectivity index (χ2n) is 4.13. The molecule has 1 saturated heterocycles. The molecule has 1 N–H and O–H groups in total. The molecular formula is C10H20N2. The van der Waals surface area contributed by atoms with Crippen LogP contribution >= 0.6 is 0 Å². The summed E-state index contributed by atoms with van der Waals surface area (Å²) in [7, 11) is 2.12. The monoisotopic (exact) mass is 168 g/mol. The molecule has 0 aromatic heterocycles. The van der Waals surface area contributed by atoms with Gasteiger partial charge in [0.25, 0.3) is 0 Å². The first-order valence-electron chi connectivity index (χ1n) is 4.69. The van der Waals surface area contributed by atoms with Crippen molar-refractivity contribution in [3.63, 3.8) is 0 Å². The maximum Gasteiger partial charge on any atom is 0.0521 e. The Labute approximate surface area is 75.6 Å². The molecule has 0 aliphatic carbocycles. The van der Waals surface area contributed by atoms with E-state index in [2.05, 4.69) is 37.7 Å². The third-order valence-corrected chi connectivity index (χ3v) is 2.67. The average molecular weight is 168 g/mol. The minimum absolute atomic E-state index is 0.0647. The molecule has 0 spiro atoms. The molecular weight excluding hydrogens is 148 g/mol. The molecule has 0 unspecified atom stereocenters. The zero-order valence-corrected chi connectivity index (χ0v) is 8.48. The SMILES string of the molecule is C=C1N(C)CCCCNC1(C)C. The fourth-order valence-electron chi connectivity index (χ4n) is 1.59. The Balaban J connectivity index is 2.67. The Bertz CT molecular complexity index is 173. The van der Waals surface area contributed by atoms with Crippen LogP contribution in [0.5, 0.6) is 0 Å². The van der Waals surface area contributed by atoms with Crippen molar-refractivity contribution in [2.75, 3.05) is 20.1 Å². The highest BCUT2D eigenvalue weighted by Crippen LogP contribution is 2.19. The van der Waals surface area contributed by atoms with Gasteiger partial charge in [0.2, 0.25) is 0 Å². The van der Waals surface area contributed by atoms with Gasteiger partial charge in [0.15, 0.2) is 0 Å². The summed E-state index contributed by atoms with van der Waals surface area (Å²) in [5, 5.41) is 3.50. The second kappa shape index (κ2) is 3.48. The molecule has 0 radical (unpaired) electrons. The molecule has 2 heteroatoms. The Morgan fingerprint density at radius 3 is 2.75 bits per heavy atom. The van der Waals surface area contributed by atoms with Crippen molar-refractivity contribution in [2.24, 2.45) is 0 Å². The highest BCUT2D eigenvalue weighted by Gasteiger charge is 2.24. The summed E-state index contributed by atoms with van der Waals surface area (Å²) in [4.78, 5) is 2.26. The third-order valence-electron chi connectivity index (χ3n) is 2.67. The smallest absolute Gasteiger partial charge is 0.0521 e. The Hall–Kier alpha value is -0.500. The molecule has 0 saturated carbocycles. The molecule has 70 valence electrons. The largest absolute Gasteiger partial charge is 0.377 e. The number of likely N-dealkylation sites (N-methyl/N-ethyl adjacent to an activating group) is 1. The fraction of sp³-hybridized carbons (Fsp3) is 0.800. The summed E-state index contributed by atoms with van der Waals surface area (Å²) in [6.45, 7) is 10.8. The van der Waals surface area contributed by atoms with Crippen molar-refractivity contribution in [2.45, 2.75) is 32.2 Å². The highest BCUT2D eigenvalue weighted by atomic mass is 15.2. The van der Waals surface area contributed by atoms with E-state index in [4.69, 9.17) is 0 Å². The van der Waals surface area contributed by atoms with Crippen LogP contribution in [0.2, 0.25) is 0 Å². The van der Waals surface area contributed by atoms with Gasteiger partial charge < -0.3 is 10.2 Å². The van der Waals surface area contributed by atoms with Gasteiger partial charge in [-0.05, 0) is 33.2 Å². The van der Waals surface area contributed by atoms with E-state index in [0.717, 1.165) is 13.1 Å². The van der Waals surface area contributed by atoms with E-state index in [1.54, 1.807) is 0 Å². The van der Waals surface area contributed by atoms with Crippen LogP contribution in [0.4, 0.5) is 0 Å². The highest BCUT2D eigenvalue weighted by molar-refractivity contribution is 5.11. The Kier molecular flexibility index (Phi) is 2.78. The van der Waals surface area contributed by atoms with Gasteiger partial charge in [-0.2, -0.15) is 0 Å². The molecule has 0 aromatic rings. The van der Waals surface area contributed by atoms with Crippen LogP contribution in [0.25, 0.3) is 0 Å². The number of hydrogen-bond acceptors (Lipinski definition) is 2. The van der Waals surface area contributed by atoms with Crippen LogP contribution in [-0.4, -0.2) is 30.6 Å². The number of nitrogens with one attached hydrogen (secondary N) is 1. The lowest BCUT2D eigenvalue weighted by atomic mass is 9.98. The van der Waals surface area contributed by atoms with E-state index in [-0.39, 0.29) is 5.54 Å². The molecule has 1 rings (SSSR count). The van der Waals surface area contributed by atoms with Gasteiger partial charge in [0.1, 0.15) is 0 Å². The van der Waals surface area contributed by atoms with Gasteiger partial charge in [0.05, 0.1) is 5.54 Å². The van der Waals surface area contributed by atoms with Crippen molar-refractivity contribution in [1.29, 1.82) is 0 Å². The normalized spacial score (nSPS) is 24.9.